The van der Waals surface area contributed by atoms with Crippen molar-refractivity contribution in [3.8, 4) is 0 Å². The number of carbonyl (C=O) groups is 2. The molecular weight excluding hydrogens is 500 g/mol. The molecular formula is C26H25BrN2O5. The zero-order chi connectivity index (χ0) is 23.8. The fourth-order valence-electron chi connectivity index (χ4n) is 4.59. The molecule has 0 saturated carbocycles. The maximum Gasteiger partial charge on any atom is 0.290 e. The Morgan fingerprint density at radius 2 is 1.82 bits per heavy atom. The van der Waals surface area contributed by atoms with Crippen LogP contribution in [-0.2, 0) is 9.53 Å². The molecule has 2 aliphatic heterocycles. The second kappa shape index (κ2) is 9.37. The fourth-order valence-corrected chi connectivity index (χ4v) is 4.85. The topological polar surface area (TPSA) is 83.2 Å². The van der Waals surface area contributed by atoms with Gasteiger partial charge in [0.2, 0.25) is 5.78 Å². The van der Waals surface area contributed by atoms with Crippen LogP contribution in [0.15, 0.2) is 68.8 Å². The smallest absolute Gasteiger partial charge is 0.290 e. The first-order chi connectivity index (χ1) is 16.4. The van der Waals surface area contributed by atoms with Gasteiger partial charge >= 0.3 is 0 Å². The second-order valence-electron chi connectivity index (χ2n) is 8.65. The van der Waals surface area contributed by atoms with E-state index in [0.29, 0.717) is 31.9 Å². The van der Waals surface area contributed by atoms with Gasteiger partial charge in [-0.15, -0.1) is 0 Å². The number of halogens is 1. The van der Waals surface area contributed by atoms with Gasteiger partial charge in [0.1, 0.15) is 5.58 Å². The first-order valence-electron chi connectivity index (χ1n) is 11.3. The number of ether oxygens (including phenoxy) is 1. The Balaban J connectivity index is 1.50. The summed E-state index contributed by atoms with van der Waals surface area (Å²) in [6.07, 6.45) is 0. The van der Waals surface area contributed by atoms with E-state index < -0.39 is 23.5 Å². The third kappa shape index (κ3) is 4.29. The van der Waals surface area contributed by atoms with Crippen molar-refractivity contribution in [2.45, 2.75) is 13.0 Å². The predicted octanol–water partition coefficient (Wildman–Crippen LogP) is 4.41. The molecule has 0 radical (unpaired) electrons. The first-order valence-corrected chi connectivity index (χ1v) is 12.1. The molecule has 1 atom stereocenters. The van der Waals surface area contributed by atoms with E-state index in [2.05, 4.69) is 20.8 Å². The van der Waals surface area contributed by atoms with Gasteiger partial charge in [0.05, 0.1) is 24.8 Å². The summed E-state index contributed by atoms with van der Waals surface area (Å²) in [5.41, 5.74) is 2.43. The molecule has 3 heterocycles. The van der Waals surface area contributed by atoms with Crippen LogP contribution in [0.3, 0.4) is 0 Å². The average Bonchev–Trinajstić information content (AvgIpc) is 3.37. The maximum atomic E-state index is 13.6. The van der Waals surface area contributed by atoms with Crippen molar-refractivity contribution in [2.75, 3.05) is 39.4 Å². The number of ketones is 1. The normalized spacial score (nSPS) is 19.4. The highest BCUT2D eigenvalue weighted by Crippen LogP contribution is 2.39. The summed E-state index contributed by atoms with van der Waals surface area (Å²) >= 11 is 3.44. The molecule has 1 saturated heterocycles. The van der Waals surface area contributed by atoms with Crippen LogP contribution in [0.25, 0.3) is 11.0 Å². The molecule has 2 aliphatic rings. The first kappa shape index (κ1) is 22.8. The van der Waals surface area contributed by atoms with Crippen molar-refractivity contribution in [2.24, 2.45) is 0 Å². The van der Waals surface area contributed by atoms with Crippen molar-refractivity contribution < 1.29 is 23.8 Å². The molecule has 0 bridgehead atoms. The summed E-state index contributed by atoms with van der Waals surface area (Å²) in [6.45, 7) is 5.85. The quantitative estimate of drug-likeness (QED) is 0.480. The number of hydrogen-bond donors (Lipinski definition) is 1. The minimum absolute atomic E-state index is 0.0464. The van der Waals surface area contributed by atoms with E-state index in [1.807, 2.05) is 49.4 Å². The van der Waals surface area contributed by atoms with E-state index in [9.17, 15) is 14.7 Å². The average molecular weight is 525 g/mol. The molecule has 1 unspecified atom stereocenters. The summed E-state index contributed by atoms with van der Waals surface area (Å²) in [5.74, 6) is -1.44. The predicted molar refractivity (Wildman–Crippen MR) is 131 cm³/mol. The van der Waals surface area contributed by atoms with Gasteiger partial charge in [-0.2, -0.15) is 0 Å². The number of benzene rings is 2. The van der Waals surface area contributed by atoms with E-state index in [4.69, 9.17) is 9.15 Å². The van der Waals surface area contributed by atoms with E-state index in [0.717, 1.165) is 34.1 Å². The van der Waals surface area contributed by atoms with Crippen molar-refractivity contribution in [3.05, 3.63) is 81.2 Å². The van der Waals surface area contributed by atoms with Gasteiger partial charge in [0, 0.05) is 36.0 Å². The number of carbonyl (C=O) groups excluding carboxylic acids is 2. The van der Waals surface area contributed by atoms with Gasteiger partial charge in [0.25, 0.3) is 5.91 Å². The maximum absolute atomic E-state index is 13.6. The van der Waals surface area contributed by atoms with Crippen molar-refractivity contribution in [1.29, 1.82) is 0 Å². The summed E-state index contributed by atoms with van der Waals surface area (Å²) in [7, 11) is 0. The van der Waals surface area contributed by atoms with Gasteiger partial charge in [-0.25, -0.2) is 0 Å². The van der Waals surface area contributed by atoms with Crippen molar-refractivity contribution >= 4 is 38.6 Å². The lowest BCUT2D eigenvalue weighted by atomic mass is 9.95. The number of Topliss-reactive ketones (excluding diaryl/α,β-unsaturated/α-hetero) is 1. The van der Waals surface area contributed by atoms with Gasteiger partial charge in [-0.3, -0.25) is 14.5 Å². The van der Waals surface area contributed by atoms with Crippen LogP contribution in [-0.4, -0.2) is 66.0 Å². The molecule has 8 heteroatoms. The molecule has 7 nitrogen and oxygen atoms in total. The Hall–Kier alpha value is -2.94. The highest BCUT2D eigenvalue weighted by atomic mass is 79.9. The lowest BCUT2D eigenvalue weighted by Crippen LogP contribution is -2.43. The molecule has 3 aromatic rings. The molecule has 34 heavy (non-hydrogen) atoms. The SMILES string of the molecule is Cc1ccc2oc(C(=O)C3=C(O)C(=O)N(CCN4CCOCC4)C3c3ccc(Br)cc3)cc2c1. The van der Waals surface area contributed by atoms with Crippen LogP contribution in [0.4, 0.5) is 0 Å². The fraction of sp³-hybridized carbons (Fsp3) is 0.308. The van der Waals surface area contributed by atoms with Crippen LogP contribution < -0.4 is 0 Å². The number of nitrogens with zero attached hydrogens (tertiary/aromatic N) is 2. The summed E-state index contributed by atoms with van der Waals surface area (Å²) < 4.78 is 12.1. The minimum atomic E-state index is -0.705. The second-order valence-corrected chi connectivity index (χ2v) is 9.57. The lowest BCUT2D eigenvalue weighted by Gasteiger charge is -2.31. The number of hydrogen-bond acceptors (Lipinski definition) is 6. The number of furan rings is 1. The number of aryl methyl sites for hydroxylation is 1. The highest BCUT2D eigenvalue weighted by molar-refractivity contribution is 9.10. The number of aliphatic hydroxyl groups is 1. The van der Waals surface area contributed by atoms with Crippen LogP contribution >= 0.6 is 15.9 Å². The molecule has 1 amide bonds. The van der Waals surface area contributed by atoms with Gasteiger partial charge in [-0.1, -0.05) is 39.7 Å². The van der Waals surface area contributed by atoms with Gasteiger partial charge in [0.15, 0.2) is 11.5 Å². The number of rotatable bonds is 6. The highest BCUT2D eigenvalue weighted by Gasteiger charge is 2.44. The molecule has 0 spiro atoms. The lowest BCUT2D eigenvalue weighted by molar-refractivity contribution is -0.129. The van der Waals surface area contributed by atoms with Crippen LogP contribution in [0, 0.1) is 6.92 Å². The summed E-state index contributed by atoms with van der Waals surface area (Å²) in [6, 6.07) is 14.1. The van der Waals surface area contributed by atoms with E-state index in [-0.39, 0.29) is 11.3 Å². The Morgan fingerprint density at radius 1 is 1.09 bits per heavy atom. The molecule has 1 N–H and O–H groups in total. The van der Waals surface area contributed by atoms with E-state index in [1.54, 1.807) is 11.0 Å². The van der Waals surface area contributed by atoms with Gasteiger partial charge in [-0.05, 0) is 42.8 Å². The third-order valence-electron chi connectivity index (χ3n) is 6.39. The number of fused-ring (bicyclic) bond motifs is 1. The van der Waals surface area contributed by atoms with E-state index >= 15 is 0 Å². The molecule has 2 aromatic carbocycles. The van der Waals surface area contributed by atoms with Crippen molar-refractivity contribution in [3.63, 3.8) is 0 Å². The Kier molecular flexibility index (Phi) is 6.29. The van der Waals surface area contributed by atoms with E-state index in [1.165, 1.54) is 0 Å². The Labute approximate surface area is 205 Å². The number of aliphatic hydroxyl groups excluding tert-OH is 1. The van der Waals surface area contributed by atoms with Gasteiger partial charge < -0.3 is 19.2 Å². The van der Waals surface area contributed by atoms with Crippen molar-refractivity contribution in [1.82, 2.24) is 9.80 Å². The van der Waals surface area contributed by atoms with Crippen LogP contribution in [0.1, 0.15) is 27.7 Å². The number of amides is 1. The minimum Gasteiger partial charge on any atom is -0.503 e. The standard InChI is InChI=1S/C26H25BrN2O5/c1-16-2-7-20-18(14-16)15-21(34-20)24(30)22-23(17-3-5-19(27)6-4-17)29(26(32)25(22)31)9-8-28-10-12-33-13-11-28/h2-7,14-15,23,31H,8-13H2,1H3. The molecule has 176 valence electrons. The third-order valence-corrected chi connectivity index (χ3v) is 6.92. The monoisotopic (exact) mass is 524 g/mol. The molecule has 5 rings (SSSR count). The summed E-state index contributed by atoms with van der Waals surface area (Å²) in [5, 5.41) is 11.7. The number of morpholine rings is 1. The largest absolute Gasteiger partial charge is 0.503 e. The zero-order valence-corrected chi connectivity index (χ0v) is 20.4. The Bertz CT molecular complexity index is 1270. The Morgan fingerprint density at radius 3 is 2.56 bits per heavy atom. The zero-order valence-electron chi connectivity index (χ0n) is 18.8. The summed E-state index contributed by atoms with van der Waals surface area (Å²) in [4.78, 5) is 30.6. The van der Waals surface area contributed by atoms with Crippen LogP contribution in [0.5, 0.6) is 0 Å². The molecule has 1 fully saturated rings. The van der Waals surface area contributed by atoms with Crippen LogP contribution in [0.2, 0.25) is 0 Å². The molecule has 0 aliphatic carbocycles. The molecule has 1 aromatic heterocycles.